The minimum atomic E-state index is -0.317. The molecule has 14 heavy (non-hydrogen) atoms. The predicted octanol–water partition coefficient (Wildman–Crippen LogP) is 3.75. The molecule has 0 saturated heterocycles. The minimum Gasteiger partial charge on any atom is -0.353 e. The van der Waals surface area contributed by atoms with E-state index in [1.807, 2.05) is 0 Å². The molecule has 0 spiro atoms. The fourth-order valence-electron chi connectivity index (χ4n) is 1.82. The quantitative estimate of drug-likeness (QED) is 0.419. The number of ether oxygens (including phenoxy) is 2. The van der Waals surface area contributed by atoms with Crippen molar-refractivity contribution in [3.8, 4) is 0 Å². The number of hydrogen-bond donors (Lipinski definition) is 0. The van der Waals surface area contributed by atoms with Crippen molar-refractivity contribution in [2.45, 2.75) is 64.6 Å². The van der Waals surface area contributed by atoms with E-state index in [9.17, 15) is 0 Å². The molecule has 0 amide bonds. The molecule has 0 heterocycles. The molecule has 0 saturated carbocycles. The van der Waals surface area contributed by atoms with Gasteiger partial charge >= 0.3 is 0 Å². The molecule has 0 unspecified atom stereocenters. The molecule has 0 rings (SSSR count). The first-order valence-electron chi connectivity index (χ1n) is 5.85. The van der Waals surface area contributed by atoms with Gasteiger partial charge in [-0.05, 0) is 6.42 Å². The molecule has 0 bridgehead atoms. The molecule has 0 fully saturated rings. The predicted molar refractivity (Wildman–Crippen MR) is 60.4 cm³/mol. The highest BCUT2D eigenvalue weighted by Gasteiger charge is 2.27. The highest BCUT2D eigenvalue weighted by molar-refractivity contribution is 4.68. The maximum Gasteiger partial charge on any atom is 0.167 e. The van der Waals surface area contributed by atoms with Crippen LogP contribution < -0.4 is 0 Å². The van der Waals surface area contributed by atoms with Crippen molar-refractivity contribution in [3.05, 3.63) is 0 Å². The van der Waals surface area contributed by atoms with Gasteiger partial charge in [0, 0.05) is 27.1 Å². The van der Waals surface area contributed by atoms with Gasteiger partial charge in [0.15, 0.2) is 5.79 Å². The van der Waals surface area contributed by atoms with Crippen LogP contribution in [0.2, 0.25) is 0 Å². The normalized spacial score (nSPS) is 12.0. The third kappa shape index (κ3) is 4.97. The van der Waals surface area contributed by atoms with Gasteiger partial charge in [0.1, 0.15) is 0 Å². The summed E-state index contributed by atoms with van der Waals surface area (Å²) in [6.07, 6.45) is 8.20. The second-order valence-electron chi connectivity index (χ2n) is 3.88. The Balaban J connectivity index is 3.82. The van der Waals surface area contributed by atoms with E-state index in [2.05, 4.69) is 13.8 Å². The largest absolute Gasteiger partial charge is 0.353 e. The summed E-state index contributed by atoms with van der Waals surface area (Å²) in [4.78, 5) is 0. The van der Waals surface area contributed by atoms with E-state index in [-0.39, 0.29) is 5.79 Å². The summed E-state index contributed by atoms with van der Waals surface area (Å²) in [7, 11) is 3.50. The topological polar surface area (TPSA) is 18.5 Å². The molecule has 0 aliphatic carbocycles. The molecule has 0 aromatic carbocycles. The van der Waals surface area contributed by atoms with Crippen LogP contribution in [0.25, 0.3) is 0 Å². The van der Waals surface area contributed by atoms with Crippen LogP contribution in [0.15, 0.2) is 0 Å². The third-order valence-electron chi connectivity index (χ3n) is 2.79. The van der Waals surface area contributed by atoms with Gasteiger partial charge in [-0.2, -0.15) is 0 Å². The molecule has 2 heteroatoms. The Labute approximate surface area is 89.0 Å². The van der Waals surface area contributed by atoms with Gasteiger partial charge in [-0.15, -0.1) is 0 Å². The molecular weight excluding hydrogens is 176 g/mol. The van der Waals surface area contributed by atoms with E-state index in [1.54, 1.807) is 14.2 Å². The zero-order chi connectivity index (χ0) is 10.9. The molecule has 0 aliphatic rings. The van der Waals surface area contributed by atoms with Crippen molar-refractivity contribution >= 4 is 0 Å². The van der Waals surface area contributed by atoms with Gasteiger partial charge in [0.2, 0.25) is 0 Å². The lowest BCUT2D eigenvalue weighted by atomic mass is 10.0. The molecule has 86 valence electrons. The Bertz CT molecular complexity index is 119. The Hall–Kier alpha value is -0.0800. The molecule has 0 aliphatic heterocycles. The first-order chi connectivity index (χ1) is 6.74. The van der Waals surface area contributed by atoms with E-state index >= 15 is 0 Å². The van der Waals surface area contributed by atoms with Crippen molar-refractivity contribution < 1.29 is 9.47 Å². The highest BCUT2D eigenvalue weighted by atomic mass is 16.7. The molecule has 0 N–H and O–H groups in total. The second-order valence-corrected chi connectivity index (χ2v) is 3.88. The van der Waals surface area contributed by atoms with Gasteiger partial charge in [-0.25, -0.2) is 0 Å². The first kappa shape index (κ1) is 13.9. The molecule has 0 aromatic heterocycles. The Kier molecular flexibility index (Phi) is 8.20. The summed E-state index contributed by atoms with van der Waals surface area (Å²) in [6, 6.07) is 0. The van der Waals surface area contributed by atoms with Crippen molar-refractivity contribution in [2.24, 2.45) is 0 Å². The van der Waals surface area contributed by atoms with Crippen molar-refractivity contribution in [2.75, 3.05) is 14.2 Å². The minimum absolute atomic E-state index is 0.317. The average molecular weight is 202 g/mol. The van der Waals surface area contributed by atoms with Crippen LogP contribution in [0.4, 0.5) is 0 Å². The zero-order valence-corrected chi connectivity index (χ0v) is 10.3. The van der Waals surface area contributed by atoms with E-state index in [0.717, 1.165) is 19.3 Å². The lowest BCUT2D eigenvalue weighted by Gasteiger charge is -2.30. The summed E-state index contributed by atoms with van der Waals surface area (Å²) in [6.45, 7) is 4.39. The van der Waals surface area contributed by atoms with Crippen molar-refractivity contribution in [3.63, 3.8) is 0 Å². The lowest BCUT2D eigenvalue weighted by molar-refractivity contribution is -0.215. The van der Waals surface area contributed by atoms with Crippen LogP contribution in [0.3, 0.4) is 0 Å². The number of methoxy groups -OCH3 is 2. The number of hydrogen-bond acceptors (Lipinski definition) is 2. The third-order valence-corrected chi connectivity index (χ3v) is 2.79. The van der Waals surface area contributed by atoms with E-state index in [1.165, 1.54) is 25.7 Å². The maximum atomic E-state index is 5.49. The van der Waals surface area contributed by atoms with E-state index in [4.69, 9.17) is 9.47 Å². The average Bonchev–Trinajstić information content (AvgIpc) is 2.23. The molecule has 0 atom stereocenters. The summed E-state index contributed by atoms with van der Waals surface area (Å²) in [5.74, 6) is -0.317. The Morgan fingerprint density at radius 2 is 1.43 bits per heavy atom. The maximum absolute atomic E-state index is 5.49. The van der Waals surface area contributed by atoms with Gasteiger partial charge in [0.25, 0.3) is 0 Å². The van der Waals surface area contributed by atoms with E-state index in [0.29, 0.717) is 0 Å². The van der Waals surface area contributed by atoms with Gasteiger partial charge < -0.3 is 9.47 Å². The van der Waals surface area contributed by atoms with Gasteiger partial charge in [-0.3, -0.25) is 0 Å². The van der Waals surface area contributed by atoms with Crippen molar-refractivity contribution in [1.82, 2.24) is 0 Å². The Morgan fingerprint density at radius 3 is 1.86 bits per heavy atom. The second kappa shape index (κ2) is 8.25. The molecule has 0 radical (unpaired) electrons. The lowest BCUT2D eigenvalue weighted by Crippen LogP contribution is -2.33. The molecule has 2 nitrogen and oxygen atoms in total. The fraction of sp³-hybridized carbons (Fsp3) is 1.00. The number of unbranched alkanes of at least 4 members (excludes halogenated alkanes) is 3. The zero-order valence-electron chi connectivity index (χ0n) is 10.3. The first-order valence-corrected chi connectivity index (χ1v) is 5.85. The molecular formula is C12H26O2. The van der Waals surface area contributed by atoms with E-state index < -0.39 is 0 Å². The van der Waals surface area contributed by atoms with Crippen LogP contribution >= 0.6 is 0 Å². The molecule has 0 aromatic rings. The van der Waals surface area contributed by atoms with Gasteiger partial charge in [0.05, 0.1) is 0 Å². The van der Waals surface area contributed by atoms with Gasteiger partial charge in [-0.1, -0.05) is 39.5 Å². The summed E-state index contributed by atoms with van der Waals surface area (Å²) in [5.41, 5.74) is 0. The van der Waals surface area contributed by atoms with Crippen LogP contribution in [-0.2, 0) is 9.47 Å². The standard InChI is InChI=1S/C12H26O2/c1-5-7-8-9-11-12(13-3,14-4)10-6-2/h5-11H2,1-4H3. The fourth-order valence-corrected chi connectivity index (χ4v) is 1.82. The Morgan fingerprint density at radius 1 is 0.786 bits per heavy atom. The monoisotopic (exact) mass is 202 g/mol. The highest BCUT2D eigenvalue weighted by Crippen LogP contribution is 2.25. The van der Waals surface area contributed by atoms with Crippen LogP contribution in [-0.4, -0.2) is 20.0 Å². The van der Waals surface area contributed by atoms with Crippen molar-refractivity contribution in [1.29, 1.82) is 0 Å². The SMILES string of the molecule is CCCCCCC(CCC)(OC)OC. The summed E-state index contributed by atoms with van der Waals surface area (Å²) in [5, 5.41) is 0. The van der Waals surface area contributed by atoms with Crippen LogP contribution in [0.5, 0.6) is 0 Å². The van der Waals surface area contributed by atoms with Crippen LogP contribution in [0.1, 0.15) is 58.8 Å². The van der Waals surface area contributed by atoms with Crippen LogP contribution in [0, 0.1) is 0 Å². The summed E-state index contributed by atoms with van der Waals surface area (Å²) < 4.78 is 11.0. The number of rotatable bonds is 9. The smallest absolute Gasteiger partial charge is 0.167 e. The summed E-state index contributed by atoms with van der Waals surface area (Å²) >= 11 is 0.